The number of aromatic nitrogens is 3. The fraction of sp³-hybridized carbons (Fsp3) is 0.600. The lowest BCUT2D eigenvalue weighted by Gasteiger charge is -2.16. The van der Waals surface area contributed by atoms with Gasteiger partial charge in [-0.1, -0.05) is 31.3 Å². The minimum absolute atomic E-state index is 0.135. The van der Waals surface area contributed by atoms with E-state index in [1.807, 2.05) is 13.0 Å². The van der Waals surface area contributed by atoms with Crippen LogP contribution in [0.25, 0.3) is 0 Å². The van der Waals surface area contributed by atoms with Crippen molar-refractivity contribution in [3.8, 4) is 0 Å². The molecule has 0 aliphatic rings. The molecule has 0 aliphatic heterocycles. The highest BCUT2D eigenvalue weighted by atomic mass is 16.5. The van der Waals surface area contributed by atoms with Crippen molar-refractivity contribution in [3.05, 3.63) is 29.3 Å². The molecular weight excluding hydrogens is 300 g/mol. The zero-order chi connectivity index (χ0) is 16.7. The fourth-order valence-electron chi connectivity index (χ4n) is 2.35. The summed E-state index contributed by atoms with van der Waals surface area (Å²) in [5.41, 5.74) is 0.791. The first-order valence-electron chi connectivity index (χ1n) is 7.77. The summed E-state index contributed by atoms with van der Waals surface area (Å²) in [6, 6.07) is 1.81. The molecule has 0 unspecified atom stereocenters. The molecule has 23 heavy (non-hydrogen) atoms. The fourth-order valence-corrected chi connectivity index (χ4v) is 2.35. The van der Waals surface area contributed by atoms with Gasteiger partial charge >= 0.3 is 0 Å². The summed E-state index contributed by atoms with van der Waals surface area (Å²) in [4.78, 5) is 10.6. The molecule has 8 heteroatoms. The molecule has 0 saturated carbocycles. The maximum absolute atomic E-state index is 10.6. The van der Waals surface area contributed by atoms with E-state index in [1.54, 1.807) is 0 Å². The van der Waals surface area contributed by atoms with Crippen molar-refractivity contribution in [3.63, 3.8) is 0 Å². The first kappa shape index (κ1) is 17.1. The zero-order valence-corrected chi connectivity index (χ0v) is 13.4. The van der Waals surface area contributed by atoms with Crippen molar-refractivity contribution in [2.45, 2.75) is 51.9 Å². The average molecular weight is 322 g/mol. The molecule has 1 amide bonds. The van der Waals surface area contributed by atoms with Crippen LogP contribution in [0.1, 0.15) is 61.8 Å². The highest BCUT2D eigenvalue weighted by molar-refractivity contribution is 5.44. The Hall–Kier alpha value is -2.22. The largest absolute Gasteiger partial charge is 0.424 e. The van der Waals surface area contributed by atoms with Crippen LogP contribution in [0.4, 0.5) is 0 Å². The molecule has 0 aromatic carbocycles. The Bertz CT molecular complexity index is 610. The predicted molar refractivity (Wildman–Crippen MR) is 79.8 cm³/mol. The van der Waals surface area contributed by atoms with Crippen LogP contribution in [0, 0.1) is 6.92 Å². The van der Waals surface area contributed by atoms with Gasteiger partial charge in [0.1, 0.15) is 5.76 Å². The van der Waals surface area contributed by atoms with Gasteiger partial charge in [0.2, 0.25) is 18.2 Å². The van der Waals surface area contributed by atoms with Crippen molar-refractivity contribution in [1.29, 1.82) is 0 Å². The second-order valence-electron chi connectivity index (χ2n) is 5.57. The van der Waals surface area contributed by atoms with Crippen LogP contribution in [-0.4, -0.2) is 38.6 Å². The number of carbonyl (C=O) groups is 1. The maximum Gasteiger partial charge on any atom is 0.233 e. The SMILES string of the molecule is CCCCC[C@@H](CN(O)C=O)c1nnc(Cc2cc(C)no2)o1. The van der Waals surface area contributed by atoms with Crippen molar-refractivity contribution in [2.24, 2.45) is 0 Å². The topological polar surface area (TPSA) is 105 Å². The third-order valence-electron chi connectivity index (χ3n) is 3.52. The van der Waals surface area contributed by atoms with E-state index in [0.717, 1.165) is 31.4 Å². The number of carbonyl (C=O) groups excluding carboxylic acids is 1. The van der Waals surface area contributed by atoms with Crippen LogP contribution >= 0.6 is 0 Å². The number of nitrogens with zero attached hydrogens (tertiary/aromatic N) is 4. The average Bonchev–Trinajstić information content (AvgIpc) is 3.16. The van der Waals surface area contributed by atoms with Crippen LogP contribution in [0.5, 0.6) is 0 Å². The number of hydrogen-bond acceptors (Lipinski definition) is 7. The summed E-state index contributed by atoms with van der Waals surface area (Å²) < 4.78 is 10.8. The summed E-state index contributed by atoms with van der Waals surface area (Å²) in [6.45, 7) is 4.09. The lowest BCUT2D eigenvalue weighted by molar-refractivity contribution is -0.151. The standard InChI is InChI=1S/C15H22N4O4/c1-3-4-5-6-12(9-19(21)10-20)15-17-16-14(22-15)8-13-7-11(2)18-23-13/h7,10,12,21H,3-6,8-9H2,1-2H3/t12-/m0/s1. The normalized spacial score (nSPS) is 12.3. The number of aryl methyl sites for hydroxylation is 1. The molecule has 1 atom stereocenters. The number of amides is 1. The Kier molecular flexibility index (Phi) is 6.28. The minimum Gasteiger partial charge on any atom is -0.424 e. The van der Waals surface area contributed by atoms with E-state index in [2.05, 4.69) is 22.3 Å². The van der Waals surface area contributed by atoms with Gasteiger partial charge in [-0.05, 0) is 13.3 Å². The molecule has 0 fully saturated rings. The zero-order valence-electron chi connectivity index (χ0n) is 13.4. The summed E-state index contributed by atoms with van der Waals surface area (Å²) in [7, 11) is 0. The van der Waals surface area contributed by atoms with Gasteiger partial charge in [-0.15, -0.1) is 10.2 Å². The van der Waals surface area contributed by atoms with Crippen molar-refractivity contribution in [1.82, 2.24) is 20.4 Å². The number of unbranched alkanes of at least 4 members (excludes halogenated alkanes) is 2. The summed E-state index contributed by atoms with van der Waals surface area (Å²) in [6.07, 6.45) is 4.63. The Morgan fingerprint density at radius 3 is 2.87 bits per heavy atom. The highest BCUT2D eigenvalue weighted by Gasteiger charge is 2.21. The third-order valence-corrected chi connectivity index (χ3v) is 3.52. The number of hydrogen-bond donors (Lipinski definition) is 1. The molecule has 0 aliphatic carbocycles. The van der Waals surface area contributed by atoms with Crippen molar-refractivity contribution < 1.29 is 18.9 Å². The molecule has 0 saturated heterocycles. The minimum atomic E-state index is -0.186. The Morgan fingerprint density at radius 1 is 1.39 bits per heavy atom. The molecule has 2 aromatic heterocycles. The Morgan fingerprint density at radius 2 is 2.22 bits per heavy atom. The van der Waals surface area contributed by atoms with E-state index in [9.17, 15) is 10.0 Å². The van der Waals surface area contributed by atoms with Gasteiger partial charge in [-0.25, -0.2) is 5.06 Å². The van der Waals surface area contributed by atoms with Gasteiger partial charge in [-0.3, -0.25) is 10.0 Å². The second-order valence-corrected chi connectivity index (χ2v) is 5.57. The van der Waals surface area contributed by atoms with Gasteiger partial charge in [0.05, 0.1) is 24.6 Å². The Balaban J connectivity index is 2.03. The van der Waals surface area contributed by atoms with Crippen LogP contribution in [0.2, 0.25) is 0 Å². The smallest absolute Gasteiger partial charge is 0.233 e. The van der Waals surface area contributed by atoms with E-state index in [1.165, 1.54) is 0 Å². The van der Waals surface area contributed by atoms with E-state index in [-0.39, 0.29) is 12.5 Å². The number of hydroxylamine groups is 2. The molecule has 2 heterocycles. The predicted octanol–water partition coefficient (Wildman–Crippen LogP) is 2.47. The maximum atomic E-state index is 10.6. The highest BCUT2D eigenvalue weighted by Crippen LogP contribution is 2.23. The van der Waals surface area contributed by atoms with Crippen LogP contribution < -0.4 is 0 Å². The molecule has 0 spiro atoms. The monoisotopic (exact) mass is 322 g/mol. The summed E-state index contributed by atoms with van der Waals surface area (Å²) in [5.74, 6) is 1.31. The van der Waals surface area contributed by atoms with Crippen molar-refractivity contribution in [2.75, 3.05) is 6.54 Å². The molecule has 2 aromatic rings. The van der Waals surface area contributed by atoms with E-state index in [0.29, 0.717) is 35.4 Å². The van der Waals surface area contributed by atoms with Crippen LogP contribution in [0.15, 0.2) is 15.0 Å². The van der Waals surface area contributed by atoms with Gasteiger partial charge < -0.3 is 8.94 Å². The molecule has 0 bridgehead atoms. The van der Waals surface area contributed by atoms with E-state index in [4.69, 9.17) is 8.94 Å². The van der Waals surface area contributed by atoms with Crippen LogP contribution in [0.3, 0.4) is 0 Å². The van der Waals surface area contributed by atoms with E-state index >= 15 is 0 Å². The van der Waals surface area contributed by atoms with Gasteiger partial charge in [0.15, 0.2) is 0 Å². The van der Waals surface area contributed by atoms with Crippen molar-refractivity contribution >= 4 is 6.41 Å². The molecule has 8 nitrogen and oxygen atoms in total. The van der Waals surface area contributed by atoms with Crippen LogP contribution in [-0.2, 0) is 11.2 Å². The van der Waals surface area contributed by atoms with E-state index < -0.39 is 0 Å². The summed E-state index contributed by atoms with van der Waals surface area (Å²) in [5, 5.41) is 21.9. The third kappa shape index (κ3) is 5.17. The molecule has 126 valence electrons. The number of rotatable bonds is 10. The second kappa shape index (κ2) is 8.42. The molecule has 1 N–H and O–H groups in total. The molecule has 0 radical (unpaired) electrons. The lowest BCUT2D eigenvalue weighted by Crippen LogP contribution is -2.24. The van der Waals surface area contributed by atoms with Gasteiger partial charge in [0, 0.05) is 6.07 Å². The molecule has 2 rings (SSSR count). The first-order chi connectivity index (χ1) is 11.1. The molecular formula is C15H22N4O4. The van der Waals surface area contributed by atoms with Gasteiger partial charge in [0.25, 0.3) is 0 Å². The Labute approximate surface area is 134 Å². The lowest BCUT2D eigenvalue weighted by atomic mass is 10.0. The summed E-state index contributed by atoms with van der Waals surface area (Å²) >= 11 is 0. The quantitative estimate of drug-likeness (QED) is 0.310. The first-order valence-corrected chi connectivity index (χ1v) is 7.77. The van der Waals surface area contributed by atoms with Gasteiger partial charge in [-0.2, -0.15) is 0 Å².